The second-order valence-corrected chi connectivity index (χ2v) is 9.10. The first-order chi connectivity index (χ1) is 9.79. The average molecular weight is 392 g/mol. The minimum Gasteiger partial charge on any atom is -0.210 e. The number of halogens is 2. The van der Waals surface area contributed by atoms with E-state index in [-0.39, 0.29) is 12.4 Å². The molecule has 0 saturated heterocycles. The van der Waals surface area contributed by atoms with Crippen molar-refractivity contribution in [1.29, 1.82) is 0 Å². The summed E-state index contributed by atoms with van der Waals surface area (Å²) in [4.78, 5) is 0. The average Bonchev–Trinajstić information content (AvgIpc) is 2.73. The van der Waals surface area contributed by atoms with Crippen molar-refractivity contribution in [3.63, 3.8) is 0 Å². The molecule has 0 saturated carbocycles. The monoisotopic (exact) mass is 391 g/mol. The summed E-state index contributed by atoms with van der Waals surface area (Å²) >= 11 is 4.51. The zero-order valence-corrected chi connectivity index (χ0v) is 14.8. The third kappa shape index (κ3) is 4.12. The standard InChI is InChI=1S/C14H15BrFNO2S2/c1-9-7-12(16)4-3-11(9)5-6-17-21(18,19)13-8-10(2)14(15)20-13/h3-4,7-8,17H,5-6H2,1-2H3. The van der Waals surface area contributed by atoms with Crippen molar-refractivity contribution in [2.75, 3.05) is 6.54 Å². The molecule has 0 aliphatic heterocycles. The molecule has 2 rings (SSSR count). The molecule has 114 valence electrons. The van der Waals surface area contributed by atoms with Gasteiger partial charge in [-0.15, -0.1) is 11.3 Å². The topological polar surface area (TPSA) is 46.2 Å². The Hall–Kier alpha value is -0.760. The number of hydrogen-bond donors (Lipinski definition) is 1. The lowest BCUT2D eigenvalue weighted by molar-refractivity contribution is 0.583. The Morgan fingerprint density at radius 3 is 2.52 bits per heavy atom. The number of sulfonamides is 1. The van der Waals surface area contributed by atoms with Gasteiger partial charge in [-0.1, -0.05) is 6.07 Å². The van der Waals surface area contributed by atoms with Crippen LogP contribution in [0.15, 0.2) is 32.3 Å². The van der Waals surface area contributed by atoms with Crippen LogP contribution >= 0.6 is 27.3 Å². The van der Waals surface area contributed by atoms with E-state index in [9.17, 15) is 12.8 Å². The highest BCUT2D eigenvalue weighted by Gasteiger charge is 2.17. The van der Waals surface area contributed by atoms with Gasteiger partial charge in [-0.25, -0.2) is 17.5 Å². The summed E-state index contributed by atoms with van der Waals surface area (Å²) in [7, 11) is -3.49. The highest BCUT2D eigenvalue weighted by atomic mass is 79.9. The van der Waals surface area contributed by atoms with Crippen LogP contribution in [-0.4, -0.2) is 15.0 Å². The van der Waals surface area contributed by atoms with Gasteiger partial charge in [0, 0.05) is 6.54 Å². The summed E-state index contributed by atoms with van der Waals surface area (Å²) in [6.45, 7) is 3.94. The Morgan fingerprint density at radius 2 is 1.95 bits per heavy atom. The number of benzene rings is 1. The molecule has 2 aromatic rings. The lowest BCUT2D eigenvalue weighted by Crippen LogP contribution is -2.25. The maximum Gasteiger partial charge on any atom is 0.250 e. The van der Waals surface area contributed by atoms with E-state index >= 15 is 0 Å². The quantitative estimate of drug-likeness (QED) is 0.842. The van der Waals surface area contributed by atoms with Crippen molar-refractivity contribution in [2.45, 2.75) is 24.5 Å². The van der Waals surface area contributed by atoms with Gasteiger partial charge in [0.1, 0.15) is 10.0 Å². The molecule has 0 radical (unpaired) electrons. The van der Waals surface area contributed by atoms with Gasteiger partial charge < -0.3 is 0 Å². The van der Waals surface area contributed by atoms with Crippen LogP contribution in [0, 0.1) is 19.7 Å². The van der Waals surface area contributed by atoms with Crippen molar-refractivity contribution in [3.8, 4) is 0 Å². The van der Waals surface area contributed by atoms with Gasteiger partial charge in [-0.3, -0.25) is 0 Å². The normalized spacial score (nSPS) is 11.8. The summed E-state index contributed by atoms with van der Waals surface area (Å²) < 4.78 is 41.0. The number of hydrogen-bond acceptors (Lipinski definition) is 3. The second-order valence-electron chi connectivity index (χ2n) is 4.74. The minimum atomic E-state index is -3.49. The van der Waals surface area contributed by atoms with Gasteiger partial charge in [0.25, 0.3) is 0 Å². The Bertz CT molecular complexity index is 737. The molecular weight excluding hydrogens is 377 g/mol. The largest absolute Gasteiger partial charge is 0.250 e. The maximum atomic E-state index is 13.0. The van der Waals surface area contributed by atoms with Gasteiger partial charge >= 0.3 is 0 Å². The Balaban J connectivity index is 2.02. The van der Waals surface area contributed by atoms with E-state index in [1.54, 1.807) is 12.1 Å². The van der Waals surface area contributed by atoms with E-state index in [4.69, 9.17) is 0 Å². The molecule has 3 nitrogen and oxygen atoms in total. The molecule has 1 aromatic carbocycles. The maximum absolute atomic E-state index is 13.0. The first-order valence-electron chi connectivity index (χ1n) is 6.30. The van der Waals surface area contributed by atoms with E-state index in [0.29, 0.717) is 10.6 Å². The fraction of sp³-hybridized carbons (Fsp3) is 0.286. The molecule has 0 aliphatic carbocycles. The van der Waals surface area contributed by atoms with Crippen LogP contribution in [0.1, 0.15) is 16.7 Å². The van der Waals surface area contributed by atoms with Crippen LogP contribution in [0.3, 0.4) is 0 Å². The van der Waals surface area contributed by atoms with Crippen molar-refractivity contribution in [2.24, 2.45) is 0 Å². The summed E-state index contributed by atoms with van der Waals surface area (Å²) in [5.74, 6) is -0.282. The van der Waals surface area contributed by atoms with Crippen LogP contribution in [-0.2, 0) is 16.4 Å². The molecule has 0 fully saturated rings. The van der Waals surface area contributed by atoms with Crippen molar-refractivity contribution < 1.29 is 12.8 Å². The number of nitrogens with one attached hydrogen (secondary N) is 1. The fourth-order valence-corrected chi connectivity index (χ4v) is 5.20. The summed E-state index contributed by atoms with van der Waals surface area (Å²) in [5, 5.41) is 0. The second kappa shape index (κ2) is 6.56. The predicted molar refractivity (Wildman–Crippen MR) is 86.8 cm³/mol. The smallest absolute Gasteiger partial charge is 0.210 e. The Kier molecular flexibility index (Phi) is 5.19. The molecule has 7 heteroatoms. The van der Waals surface area contributed by atoms with E-state index in [1.165, 1.54) is 23.5 Å². The van der Waals surface area contributed by atoms with Crippen LogP contribution in [0.25, 0.3) is 0 Å². The van der Waals surface area contributed by atoms with Crippen molar-refractivity contribution in [3.05, 3.63) is 50.6 Å². The van der Waals surface area contributed by atoms with Crippen molar-refractivity contribution in [1.82, 2.24) is 4.72 Å². The van der Waals surface area contributed by atoms with Crippen LogP contribution in [0.2, 0.25) is 0 Å². The molecule has 21 heavy (non-hydrogen) atoms. The zero-order valence-electron chi connectivity index (χ0n) is 11.6. The molecule has 0 amide bonds. The predicted octanol–water partition coefficient (Wildman–Crippen LogP) is 3.79. The Labute approximate surface area is 136 Å². The van der Waals surface area contributed by atoms with E-state index in [1.807, 2.05) is 13.8 Å². The molecule has 0 unspecified atom stereocenters. The van der Waals surface area contributed by atoms with Gasteiger partial charge in [-0.05, 0) is 71.1 Å². The molecular formula is C14H15BrFNO2S2. The first kappa shape index (κ1) is 16.6. The summed E-state index contributed by atoms with van der Waals surface area (Å²) in [6.07, 6.45) is 0.525. The van der Waals surface area contributed by atoms with Gasteiger partial charge in [0.2, 0.25) is 10.0 Å². The third-order valence-electron chi connectivity index (χ3n) is 3.09. The number of rotatable bonds is 5. The lowest BCUT2D eigenvalue weighted by Gasteiger charge is -2.07. The highest BCUT2D eigenvalue weighted by Crippen LogP contribution is 2.30. The fourth-order valence-electron chi connectivity index (χ4n) is 1.90. The Morgan fingerprint density at radius 1 is 1.24 bits per heavy atom. The summed E-state index contributed by atoms with van der Waals surface area (Å²) in [5.41, 5.74) is 2.65. The summed E-state index contributed by atoms with van der Waals surface area (Å²) in [6, 6.07) is 6.16. The van der Waals surface area contributed by atoms with Gasteiger partial charge in [0.05, 0.1) is 3.79 Å². The molecule has 0 bridgehead atoms. The third-order valence-corrected chi connectivity index (χ3v) is 7.16. The van der Waals surface area contributed by atoms with E-state index in [0.717, 1.165) is 20.5 Å². The van der Waals surface area contributed by atoms with Crippen LogP contribution < -0.4 is 4.72 Å². The molecule has 1 heterocycles. The van der Waals surface area contributed by atoms with Crippen LogP contribution in [0.4, 0.5) is 4.39 Å². The molecule has 0 aliphatic rings. The molecule has 1 N–H and O–H groups in total. The molecule has 0 atom stereocenters. The first-order valence-corrected chi connectivity index (χ1v) is 9.39. The van der Waals surface area contributed by atoms with E-state index < -0.39 is 10.0 Å². The number of aryl methyl sites for hydroxylation is 2. The molecule has 1 aromatic heterocycles. The van der Waals surface area contributed by atoms with Crippen molar-refractivity contribution >= 4 is 37.3 Å². The van der Waals surface area contributed by atoms with Crippen LogP contribution in [0.5, 0.6) is 0 Å². The molecule has 0 spiro atoms. The van der Waals surface area contributed by atoms with E-state index in [2.05, 4.69) is 20.7 Å². The lowest BCUT2D eigenvalue weighted by atomic mass is 10.1. The zero-order chi connectivity index (χ0) is 15.6. The highest BCUT2D eigenvalue weighted by molar-refractivity contribution is 9.11. The number of thiophene rings is 1. The minimum absolute atomic E-state index is 0.281. The van der Waals surface area contributed by atoms with Gasteiger partial charge in [-0.2, -0.15) is 0 Å². The van der Waals surface area contributed by atoms with Gasteiger partial charge in [0.15, 0.2) is 0 Å². The SMILES string of the molecule is Cc1cc(F)ccc1CCNS(=O)(=O)c1cc(C)c(Br)s1.